The Bertz CT molecular complexity index is 587. The Morgan fingerprint density at radius 3 is 3.05 bits per heavy atom. The van der Waals surface area contributed by atoms with E-state index < -0.39 is 0 Å². The van der Waals surface area contributed by atoms with E-state index in [1.165, 1.54) is 5.39 Å². The second-order valence-electron chi connectivity index (χ2n) is 5.04. The average Bonchev–Trinajstić information content (AvgIpc) is 2.40. The topological polar surface area (TPSA) is 34.2 Å². The fourth-order valence-electron chi connectivity index (χ4n) is 2.61. The van der Waals surface area contributed by atoms with Gasteiger partial charge in [-0.15, -0.1) is 0 Å². The molecule has 2 aromatic rings. The first kappa shape index (κ1) is 12.9. The predicted molar refractivity (Wildman–Crippen MR) is 81.5 cm³/mol. The summed E-state index contributed by atoms with van der Waals surface area (Å²) in [5, 5.41) is 5.93. The van der Waals surface area contributed by atoms with E-state index >= 15 is 0 Å². The van der Waals surface area contributed by atoms with Crippen molar-refractivity contribution < 1.29 is 4.74 Å². The molecule has 0 bridgehead atoms. The largest absolute Gasteiger partial charge is 0.378 e. The van der Waals surface area contributed by atoms with Gasteiger partial charge in [0.2, 0.25) is 0 Å². The summed E-state index contributed by atoms with van der Waals surface area (Å²) in [5.41, 5.74) is 0. The SMILES string of the molecule is CC1CC(Nc2nccc3c(Br)cccc23)CCO1. The molecule has 19 heavy (non-hydrogen) atoms. The zero-order valence-electron chi connectivity index (χ0n) is 10.9. The van der Waals surface area contributed by atoms with Gasteiger partial charge in [-0.25, -0.2) is 4.98 Å². The van der Waals surface area contributed by atoms with Gasteiger partial charge in [-0.05, 0) is 31.9 Å². The molecule has 1 aromatic heterocycles. The van der Waals surface area contributed by atoms with Crippen LogP contribution in [0.1, 0.15) is 19.8 Å². The van der Waals surface area contributed by atoms with E-state index in [9.17, 15) is 0 Å². The van der Waals surface area contributed by atoms with Crippen LogP contribution in [-0.2, 0) is 4.74 Å². The van der Waals surface area contributed by atoms with Crippen LogP contribution >= 0.6 is 15.9 Å². The van der Waals surface area contributed by atoms with E-state index in [0.29, 0.717) is 12.1 Å². The first-order valence-electron chi connectivity index (χ1n) is 6.65. The quantitative estimate of drug-likeness (QED) is 0.908. The van der Waals surface area contributed by atoms with E-state index in [-0.39, 0.29) is 0 Å². The van der Waals surface area contributed by atoms with Crippen molar-refractivity contribution in [2.75, 3.05) is 11.9 Å². The second-order valence-corrected chi connectivity index (χ2v) is 5.90. The molecule has 1 aliphatic heterocycles. The van der Waals surface area contributed by atoms with E-state index in [2.05, 4.69) is 45.3 Å². The molecule has 1 N–H and O–H groups in total. The Labute approximate surface area is 121 Å². The van der Waals surface area contributed by atoms with Crippen molar-refractivity contribution in [1.82, 2.24) is 4.98 Å². The Kier molecular flexibility index (Phi) is 3.71. The van der Waals surface area contributed by atoms with Crippen LogP contribution < -0.4 is 5.32 Å². The van der Waals surface area contributed by atoms with Gasteiger partial charge >= 0.3 is 0 Å². The van der Waals surface area contributed by atoms with Crippen molar-refractivity contribution in [2.24, 2.45) is 0 Å². The minimum atomic E-state index is 0.327. The van der Waals surface area contributed by atoms with Crippen LogP contribution in [0.2, 0.25) is 0 Å². The standard InChI is InChI=1S/C15H17BrN2O/c1-10-9-11(6-8-19-10)18-15-13-3-2-4-14(16)12(13)5-7-17-15/h2-5,7,10-11H,6,8-9H2,1H3,(H,17,18). The van der Waals surface area contributed by atoms with Gasteiger partial charge in [0.15, 0.2) is 0 Å². The molecule has 0 saturated carbocycles. The molecule has 4 heteroatoms. The summed E-state index contributed by atoms with van der Waals surface area (Å²) in [7, 11) is 0. The molecule has 2 heterocycles. The van der Waals surface area contributed by atoms with Crippen LogP contribution in [0.5, 0.6) is 0 Å². The summed E-state index contributed by atoms with van der Waals surface area (Å²) in [6.45, 7) is 2.95. The summed E-state index contributed by atoms with van der Waals surface area (Å²) < 4.78 is 6.69. The molecule has 2 unspecified atom stereocenters. The summed E-state index contributed by atoms with van der Waals surface area (Å²) in [4.78, 5) is 4.49. The van der Waals surface area contributed by atoms with Crippen LogP contribution in [0.3, 0.4) is 0 Å². The number of aromatic nitrogens is 1. The number of hydrogen-bond acceptors (Lipinski definition) is 3. The fourth-order valence-corrected chi connectivity index (χ4v) is 3.10. The molecular formula is C15H17BrN2O. The molecule has 1 saturated heterocycles. The van der Waals surface area contributed by atoms with Gasteiger partial charge in [0.25, 0.3) is 0 Å². The molecule has 0 amide bonds. The Hall–Kier alpha value is -1.13. The average molecular weight is 321 g/mol. The van der Waals surface area contributed by atoms with Gasteiger partial charge in [0.05, 0.1) is 6.10 Å². The smallest absolute Gasteiger partial charge is 0.134 e. The monoisotopic (exact) mass is 320 g/mol. The third kappa shape index (κ3) is 2.74. The van der Waals surface area contributed by atoms with E-state index in [1.54, 1.807) is 0 Å². The molecule has 0 radical (unpaired) electrons. The van der Waals surface area contributed by atoms with E-state index in [1.807, 2.05) is 18.3 Å². The molecule has 100 valence electrons. The number of rotatable bonds is 2. The highest BCUT2D eigenvalue weighted by Crippen LogP contribution is 2.29. The number of pyridine rings is 1. The second kappa shape index (κ2) is 5.47. The number of hydrogen-bond donors (Lipinski definition) is 1. The first-order valence-corrected chi connectivity index (χ1v) is 7.44. The summed E-state index contributed by atoms with van der Waals surface area (Å²) in [6, 6.07) is 8.70. The number of fused-ring (bicyclic) bond motifs is 1. The van der Waals surface area contributed by atoms with Crippen molar-refractivity contribution in [3.8, 4) is 0 Å². The first-order chi connectivity index (χ1) is 9.24. The number of ether oxygens (including phenoxy) is 1. The maximum atomic E-state index is 5.58. The lowest BCUT2D eigenvalue weighted by molar-refractivity contribution is 0.0232. The Morgan fingerprint density at radius 1 is 1.32 bits per heavy atom. The zero-order chi connectivity index (χ0) is 13.2. The van der Waals surface area contributed by atoms with Gasteiger partial charge in [-0.3, -0.25) is 0 Å². The minimum Gasteiger partial charge on any atom is -0.378 e. The van der Waals surface area contributed by atoms with Crippen LogP contribution in [0.25, 0.3) is 10.8 Å². The van der Waals surface area contributed by atoms with Crippen molar-refractivity contribution in [3.63, 3.8) is 0 Å². The molecule has 2 atom stereocenters. The lowest BCUT2D eigenvalue weighted by atomic mass is 10.0. The highest BCUT2D eigenvalue weighted by atomic mass is 79.9. The van der Waals surface area contributed by atoms with E-state index in [4.69, 9.17) is 4.74 Å². The van der Waals surface area contributed by atoms with Gasteiger partial charge in [0, 0.05) is 34.1 Å². The number of benzene rings is 1. The maximum Gasteiger partial charge on any atom is 0.134 e. The maximum absolute atomic E-state index is 5.58. The number of nitrogens with zero attached hydrogens (tertiary/aromatic N) is 1. The number of anilines is 1. The molecule has 3 nitrogen and oxygen atoms in total. The predicted octanol–water partition coefficient (Wildman–Crippen LogP) is 3.98. The summed E-state index contributed by atoms with van der Waals surface area (Å²) >= 11 is 3.59. The van der Waals surface area contributed by atoms with Crippen LogP contribution in [0.4, 0.5) is 5.82 Å². The lowest BCUT2D eigenvalue weighted by Crippen LogP contribution is -2.32. The zero-order valence-corrected chi connectivity index (χ0v) is 12.5. The van der Waals surface area contributed by atoms with Gasteiger partial charge < -0.3 is 10.1 Å². The van der Waals surface area contributed by atoms with Crippen molar-refractivity contribution in [2.45, 2.75) is 31.9 Å². The molecule has 0 aliphatic carbocycles. The Morgan fingerprint density at radius 2 is 2.21 bits per heavy atom. The van der Waals surface area contributed by atoms with Crippen LogP contribution in [0.15, 0.2) is 34.9 Å². The molecule has 1 fully saturated rings. The number of halogens is 1. The van der Waals surface area contributed by atoms with Gasteiger partial charge in [0.1, 0.15) is 5.82 Å². The normalized spacial score (nSPS) is 23.5. The highest BCUT2D eigenvalue weighted by molar-refractivity contribution is 9.10. The van der Waals surface area contributed by atoms with Gasteiger partial charge in [-0.2, -0.15) is 0 Å². The van der Waals surface area contributed by atoms with Crippen molar-refractivity contribution >= 4 is 32.5 Å². The third-order valence-corrected chi connectivity index (χ3v) is 4.27. The summed E-state index contributed by atoms with van der Waals surface area (Å²) in [5.74, 6) is 0.970. The highest BCUT2D eigenvalue weighted by Gasteiger charge is 2.20. The fraction of sp³-hybridized carbons (Fsp3) is 0.400. The van der Waals surface area contributed by atoms with Crippen molar-refractivity contribution in [3.05, 3.63) is 34.9 Å². The molecule has 1 aliphatic rings. The molecule has 0 spiro atoms. The molecule has 1 aromatic carbocycles. The number of nitrogens with one attached hydrogen (secondary N) is 1. The van der Waals surface area contributed by atoms with Crippen molar-refractivity contribution in [1.29, 1.82) is 0 Å². The van der Waals surface area contributed by atoms with Gasteiger partial charge in [-0.1, -0.05) is 28.1 Å². The summed E-state index contributed by atoms with van der Waals surface area (Å²) in [6.07, 6.45) is 4.26. The van der Waals surface area contributed by atoms with Crippen LogP contribution in [0, 0.1) is 0 Å². The molecule has 3 rings (SSSR count). The van der Waals surface area contributed by atoms with Crippen LogP contribution in [-0.4, -0.2) is 23.7 Å². The Balaban J connectivity index is 1.90. The third-order valence-electron chi connectivity index (χ3n) is 3.58. The van der Waals surface area contributed by atoms with E-state index in [0.717, 1.165) is 35.1 Å². The minimum absolute atomic E-state index is 0.327. The lowest BCUT2D eigenvalue weighted by Gasteiger charge is -2.28. The molecular weight excluding hydrogens is 304 g/mol.